The summed E-state index contributed by atoms with van der Waals surface area (Å²) in [4.78, 5) is 12.4. The molecule has 0 fully saturated rings. The van der Waals surface area contributed by atoms with Gasteiger partial charge in [0.15, 0.2) is 6.10 Å². The lowest BCUT2D eigenvalue weighted by Crippen LogP contribution is -2.30. The van der Waals surface area contributed by atoms with Crippen molar-refractivity contribution in [3.05, 3.63) is 59.2 Å². The third kappa shape index (κ3) is 4.38. The number of ether oxygens (including phenoxy) is 1. The van der Waals surface area contributed by atoms with E-state index in [4.69, 9.17) is 4.74 Å². The van der Waals surface area contributed by atoms with Crippen LogP contribution in [0.1, 0.15) is 44.4 Å². The Kier molecular flexibility index (Phi) is 5.33. The van der Waals surface area contributed by atoms with Crippen LogP contribution in [0.25, 0.3) is 0 Å². The van der Waals surface area contributed by atoms with Gasteiger partial charge in [-0.1, -0.05) is 51.1 Å². The third-order valence-corrected chi connectivity index (χ3v) is 4.13. The number of nitrogens with one attached hydrogen (secondary N) is 1. The van der Waals surface area contributed by atoms with Crippen molar-refractivity contribution in [1.29, 1.82) is 0 Å². The third-order valence-electron chi connectivity index (χ3n) is 4.13. The Hall–Kier alpha value is -2.29. The van der Waals surface area contributed by atoms with Crippen LogP contribution < -0.4 is 10.1 Å². The summed E-state index contributed by atoms with van der Waals surface area (Å²) in [7, 11) is 0. The summed E-state index contributed by atoms with van der Waals surface area (Å²) in [6.07, 6.45) is -0.565. The Morgan fingerprint density at radius 1 is 1.00 bits per heavy atom. The number of hydrogen-bond donors (Lipinski definition) is 1. The standard InChI is InChI=1S/C21H27NO2/c1-14-8-7-9-15(2)19(14)22-20(23)16(3)24-18-12-10-17(11-13-18)21(4,5)6/h7-13,16H,1-6H3,(H,22,23)/t16-/m1/s1. The monoisotopic (exact) mass is 325 g/mol. The summed E-state index contributed by atoms with van der Waals surface area (Å²) < 4.78 is 5.78. The molecule has 128 valence electrons. The number of benzene rings is 2. The van der Waals surface area contributed by atoms with Gasteiger partial charge in [-0.05, 0) is 55.0 Å². The van der Waals surface area contributed by atoms with Crippen molar-refractivity contribution in [3.63, 3.8) is 0 Å². The smallest absolute Gasteiger partial charge is 0.265 e. The predicted octanol–water partition coefficient (Wildman–Crippen LogP) is 5.01. The number of carbonyl (C=O) groups excluding carboxylic acids is 1. The summed E-state index contributed by atoms with van der Waals surface area (Å²) in [6, 6.07) is 13.9. The summed E-state index contributed by atoms with van der Waals surface area (Å²) in [6.45, 7) is 12.2. The first-order valence-corrected chi connectivity index (χ1v) is 8.33. The van der Waals surface area contributed by atoms with Crippen molar-refractivity contribution in [1.82, 2.24) is 0 Å². The molecule has 0 aromatic heterocycles. The number of aryl methyl sites for hydroxylation is 2. The van der Waals surface area contributed by atoms with Crippen molar-refractivity contribution >= 4 is 11.6 Å². The second kappa shape index (κ2) is 7.08. The lowest BCUT2D eigenvalue weighted by Gasteiger charge is -2.20. The van der Waals surface area contributed by atoms with E-state index < -0.39 is 6.10 Å². The van der Waals surface area contributed by atoms with Crippen molar-refractivity contribution < 1.29 is 9.53 Å². The van der Waals surface area contributed by atoms with Crippen molar-refractivity contribution in [2.24, 2.45) is 0 Å². The molecular weight excluding hydrogens is 298 g/mol. The Morgan fingerprint density at radius 2 is 1.54 bits per heavy atom. The molecule has 3 heteroatoms. The van der Waals surface area contributed by atoms with Crippen LogP contribution in [0.5, 0.6) is 5.75 Å². The van der Waals surface area contributed by atoms with Crippen molar-refractivity contribution in [3.8, 4) is 5.75 Å². The quantitative estimate of drug-likeness (QED) is 0.858. The molecule has 0 bridgehead atoms. The minimum Gasteiger partial charge on any atom is -0.481 e. The van der Waals surface area contributed by atoms with Gasteiger partial charge in [0.1, 0.15) is 5.75 Å². The fraction of sp³-hybridized carbons (Fsp3) is 0.381. The van der Waals surface area contributed by atoms with E-state index >= 15 is 0 Å². The van der Waals surface area contributed by atoms with Gasteiger partial charge in [0.05, 0.1) is 0 Å². The highest BCUT2D eigenvalue weighted by Gasteiger charge is 2.18. The van der Waals surface area contributed by atoms with E-state index in [0.717, 1.165) is 16.8 Å². The highest BCUT2D eigenvalue weighted by molar-refractivity contribution is 5.95. The zero-order valence-electron chi connectivity index (χ0n) is 15.4. The molecule has 0 aliphatic rings. The molecule has 0 saturated heterocycles. The second-order valence-corrected chi connectivity index (χ2v) is 7.29. The van der Waals surface area contributed by atoms with E-state index in [1.807, 2.05) is 56.3 Å². The van der Waals surface area contributed by atoms with Crippen molar-refractivity contribution in [2.75, 3.05) is 5.32 Å². The second-order valence-electron chi connectivity index (χ2n) is 7.29. The van der Waals surface area contributed by atoms with E-state index in [1.165, 1.54) is 5.56 Å². The largest absolute Gasteiger partial charge is 0.481 e. The molecule has 0 spiro atoms. The zero-order valence-corrected chi connectivity index (χ0v) is 15.4. The number of hydrogen-bond acceptors (Lipinski definition) is 2. The lowest BCUT2D eigenvalue weighted by molar-refractivity contribution is -0.122. The van der Waals surface area contributed by atoms with E-state index in [2.05, 4.69) is 26.1 Å². The topological polar surface area (TPSA) is 38.3 Å². The van der Waals surface area contributed by atoms with Crippen LogP contribution in [0.3, 0.4) is 0 Å². The number of rotatable bonds is 4. The molecule has 0 saturated carbocycles. The maximum absolute atomic E-state index is 12.4. The summed E-state index contributed by atoms with van der Waals surface area (Å²) in [5.74, 6) is 0.555. The van der Waals surface area contributed by atoms with Gasteiger partial charge < -0.3 is 10.1 Å². The van der Waals surface area contributed by atoms with Crippen LogP contribution >= 0.6 is 0 Å². The molecule has 0 aliphatic carbocycles. The van der Waals surface area contributed by atoms with Gasteiger partial charge in [0, 0.05) is 5.69 Å². The highest BCUT2D eigenvalue weighted by Crippen LogP contribution is 2.25. The molecule has 24 heavy (non-hydrogen) atoms. The average Bonchev–Trinajstić information content (AvgIpc) is 2.50. The molecule has 0 unspecified atom stereocenters. The fourth-order valence-corrected chi connectivity index (χ4v) is 2.53. The van der Waals surface area contributed by atoms with Gasteiger partial charge in [-0.3, -0.25) is 4.79 Å². The zero-order chi connectivity index (χ0) is 17.9. The predicted molar refractivity (Wildman–Crippen MR) is 99.8 cm³/mol. The van der Waals surface area contributed by atoms with Crippen LogP contribution in [0.2, 0.25) is 0 Å². The van der Waals surface area contributed by atoms with E-state index in [9.17, 15) is 4.79 Å². The summed E-state index contributed by atoms with van der Waals surface area (Å²) in [5, 5.41) is 2.97. The van der Waals surface area contributed by atoms with Crippen molar-refractivity contribution in [2.45, 2.75) is 53.1 Å². The minimum absolute atomic E-state index is 0.101. The molecule has 2 aromatic rings. The number of carbonyl (C=O) groups is 1. The Labute approximate surface area is 145 Å². The number of para-hydroxylation sites is 1. The van der Waals surface area contributed by atoms with Crippen LogP contribution in [0.15, 0.2) is 42.5 Å². The first kappa shape index (κ1) is 18.1. The first-order valence-electron chi connectivity index (χ1n) is 8.33. The van der Waals surface area contributed by atoms with Gasteiger partial charge in [0.25, 0.3) is 5.91 Å². The molecule has 3 nitrogen and oxygen atoms in total. The van der Waals surface area contributed by atoms with Gasteiger partial charge in [0.2, 0.25) is 0 Å². The molecule has 1 N–H and O–H groups in total. The Bertz CT molecular complexity index is 691. The van der Waals surface area contributed by atoms with Gasteiger partial charge in [-0.2, -0.15) is 0 Å². The van der Waals surface area contributed by atoms with Gasteiger partial charge >= 0.3 is 0 Å². The first-order chi connectivity index (χ1) is 11.2. The summed E-state index contributed by atoms with van der Waals surface area (Å²) >= 11 is 0. The fourth-order valence-electron chi connectivity index (χ4n) is 2.53. The number of amides is 1. The lowest BCUT2D eigenvalue weighted by atomic mass is 9.87. The molecule has 0 radical (unpaired) electrons. The van der Waals surface area contributed by atoms with Crippen LogP contribution in [-0.4, -0.2) is 12.0 Å². The number of anilines is 1. The molecule has 0 aliphatic heterocycles. The van der Waals surface area contributed by atoms with E-state index in [-0.39, 0.29) is 11.3 Å². The van der Waals surface area contributed by atoms with E-state index in [1.54, 1.807) is 6.92 Å². The SMILES string of the molecule is Cc1cccc(C)c1NC(=O)[C@@H](C)Oc1ccc(C(C)(C)C)cc1. The molecule has 2 rings (SSSR count). The highest BCUT2D eigenvalue weighted by atomic mass is 16.5. The van der Waals surface area contributed by atoms with Crippen LogP contribution in [0, 0.1) is 13.8 Å². The molecule has 0 heterocycles. The molecule has 1 amide bonds. The maximum Gasteiger partial charge on any atom is 0.265 e. The van der Waals surface area contributed by atoms with Gasteiger partial charge in [-0.15, -0.1) is 0 Å². The van der Waals surface area contributed by atoms with Crippen LogP contribution in [0.4, 0.5) is 5.69 Å². The normalized spacial score (nSPS) is 12.6. The van der Waals surface area contributed by atoms with Crippen LogP contribution in [-0.2, 0) is 10.2 Å². The molecule has 1 atom stereocenters. The average molecular weight is 325 g/mol. The van der Waals surface area contributed by atoms with Gasteiger partial charge in [-0.25, -0.2) is 0 Å². The Balaban J connectivity index is 2.04. The minimum atomic E-state index is -0.565. The maximum atomic E-state index is 12.4. The molecular formula is C21H27NO2. The van der Waals surface area contributed by atoms with E-state index in [0.29, 0.717) is 5.75 Å². The molecule has 2 aromatic carbocycles. The summed E-state index contributed by atoms with van der Waals surface area (Å²) in [5.41, 5.74) is 4.29. The Morgan fingerprint density at radius 3 is 2.04 bits per heavy atom.